The van der Waals surface area contributed by atoms with Crippen LogP contribution in [0.25, 0.3) is 17.0 Å². The SMILES string of the molecule is CC(=O)/C(C)=C/c1cc2ccc(C)cc2nc1Cl. The Kier molecular flexibility index (Phi) is 3.48. The maximum atomic E-state index is 11.2. The van der Waals surface area contributed by atoms with E-state index in [0.717, 1.165) is 22.0 Å². The molecule has 2 rings (SSSR count). The molecule has 0 unspecified atom stereocenters. The molecule has 0 N–H and O–H groups in total. The number of fused-ring (bicyclic) bond motifs is 1. The molecule has 1 heterocycles. The molecule has 0 bridgehead atoms. The molecule has 0 fully saturated rings. The number of nitrogens with zero attached hydrogens (tertiary/aromatic N) is 1. The zero-order valence-electron chi connectivity index (χ0n) is 10.6. The van der Waals surface area contributed by atoms with Crippen LogP contribution in [0.1, 0.15) is 25.0 Å². The van der Waals surface area contributed by atoms with Crippen molar-refractivity contribution in [1.82, 2.24) is 4.98 Å². The fraction of sp³-hybridized carbons (Fsp3) is 0.200. The summed E-state index contributed by atoms with van der Waals surface area (Å²) in [5, 5.41) is 1.45. The lowest BCUT2D eigenvalue weighted by Gasteiger charge is -2.04. The van der Waals surface area contributed by atoms with Crippen LogP contribution in [0, 0.1) is 6.92 Å². The first-order valence-electron chi connectivity index (χ1n) is 5.73. The second-order valence-electron chi connectivity index (χ2n) is 4.45. The molecule has 3 heteroatoms. The van der Waals surface area contributed by atoms with Gasteiger partial charge in [-0.25, -0.2) is 4.98 Å². The number of aryl methyl sites for hydroxylation is 1. The van der Waals surface area contributed by atoms with Gasteiger partial charge in [0.15, 0.2) is 5.78 Å². The van der Waals surface area contributed by atoms with Crippen LogP contribution in [0.4, 0.5) is 0 Å². The summed E-state index contributed by atoms with van der Waals surface area (Å²) >= 11 is 6.14. The Bertz CT molecular complexity index is 659. The van der Waals surface area contributed by atoms with Crippen molar-refractivity contribution in [2.45, 2.75) is 20.8 Å². The molecule has 18 heavy (non-hydrogen) atoms. The molecule has 0 aliphatic heterocycles. The monoisotopic (exact) mass is 259 g/mol. The number of carbonyl (C=O) groups is 1. The van der Waals surface area contributed by atoms with E-state index in [9.17, 15) is 4.79 Å². The lowest BCUT2D eigenvalue weighted by molar-refractivity contribution is -0.113. The largest absolute Gasteiger partial charge is 0.295 e. The molecular weight excluding hydrogens is 246 g/mol. The van der Waals surface area contributed by atoms with Gasteiger partial charge < -0.3 is 0 Å². The number of benzene rings is 1. The van der Waals surface area contributed by atoms with E-state index in [-0.39, 0.29) is 5.78 Å². The first-order valence-corrected chi connectivity index (χ1v) is 6.11. The van der Waals surface area contributed by atoms with E-state index in [1.54, 1.807) is 13.0 Å². The first-order chi connectivity index (χ1) is 8.47. The number of ketones is 1. The third-order valence-electron chi connectivity index (χ3n) is 2.88. The summed E-state index contributed by atoms with van der Waals surface area (Å²) in [5.74, 6) is 0.0371. The Morgan fingerprint density at radius 3 is 2.67 bits per heavy atom. The van der Waals surface area contributed by atoms with Gasteiger partial charge >= 0.3 is 0 Å². The van der Waals surface area contributed by atoms with Crippen LogP contribution in [0.5, 0.6) is 0 Å². The van der Waals surface area contributed by atoms with E-state index in [1.807, 2.05) is 31.2 Å². The normalized spacial score (nSPS) is 11.9. The zero-order chi connectivity index (χ0) is 13.3. The van der Waals surface area contributed by atoms with Crippen molar-refractivity contribution >= 4 is 34.4 Å². The second-order valence-corrected chi connectivity index (χ2v) is 4.81. The number of rotatable bonds is 2. The predicted octanol–water partition coefficient (Wildman–Crippen LogP) is 4.19. The highest BCUT2D eigenvalue weighted by atomic mass is 35.5. The fourth-order valence-corrected chi connectivity index (χ4v) is 1.91. The highest BCUT2D eigenvalue weighted by Gasteiger charge is 2.05. The van der Waals surface area contributed by atoms with E-state index in [0.29, 0.717) is 10.7 Å². The van der Waals surface area contributed by atoms with Gasteiger partial charge in [-0.1, -0.05) is 23.7 Å². The van der Waals surface area contributed by atoms with Crippen LogP contribution in [-0.4, -0.2) is 10.8 Å². The number of aromatic nitrogens is 1. The summed E-state index contributed by atoms with van der Waals surface area (Å²) in [6, 6.07) is 7.99. The summed E-state index contributed by atoms with van der Waals surface area (Å²) in [7, 11) is 0. The number of carbonyl (C=O) groups excluding carboxylic acids is 1. The third kappa shape index (κ3) is 2.59. The van der Waals surface area contributed by atoms with Gasteiger partial charge in [0.2, 0.25) is 0 Å². The van der Waals surface area contributed by atoms with Crippen LogP contribution < -0.4 is 0 Å². The van der Waals surface area contributed by atoms with Crippen molar-refractivity contribution in [2.75, 3.05) is 0 Å². The Morgan fingerprint density at radius 2 is 2.00 bits per heavy atom. The van der Waals surface area contributed by atoms with E-state index < -0.39 is 0 Å². The molecule has 0 spiro atoms. The number of hydrogen-bond acceptors (Lipinski definition) is 2. The average molecular weight is 260 g/mol. The Morgan fingerprint density at radius 1 is 1.28 bits per heavy atom. The number of pyridine rings is 1. The Hall–Kier alpha value is -1.67. The van der Waals surface area contributed by atoms with Gasteiger partial charge in [-0.05, 0) is 50.1 Å². The van der Waals surface area contributed by atoms with E-state index in [1.165, 1.54) is 6.92 Å². The van der Waals surface area contributed by atoms with Crippen LogP contribution in [-0.2, 0) is 4.79 Å². The molecule has 1 aromatic carbocycles. The first kappa shape index (κ1) is 12.8. The van der Waals surface area contributed by atoms with Crippen molar-refractivity contribution < 1.29 is 4.79 Å². The van der Waals surface area contributed by atoms with Crippen LogP contribution >= 0.6 is 11.6 Å². The summed E-state index contributed by atoms with van der Waals surface area (Å²) in [5.41, 5.74) is 3.47. The Balaban J connectivity index is 2.60. The molecule has 0 atom stereocenters. The maximum absolute atomic E-state index is 11.2. The summed E-state index contributed by atoms with van der Waals surface area (Å²) in [6.45, 7) is 5.33. The molecule has 0 aliphatic carbocycles. The minimum absolute atomic E-state index is 0.0371. The predicted molar refractivity (Wildman–Crippen MR) is 75.8 cm³/mol. The molecule has 0 radical (unpaired) electrons. The van der Waals surface area contributed by atoms with Gasteiger partial charge in [-0.2, -0.15) is 0 Å². The minimum Gasteiger partial charge on any atom is -0.295 e. The third-order valence-corrected chi connectivity index (χ3v) is 3.18. The van der Waals surface area contributed by atoms with Gasteiger partial charge in [0.25, 0.3) is 0 Å². The van der Waals surface area contributed by atoms with E-state index in [2.05, 4.69) is 4.98 Å². The lowest BCUT2D eigenvalue weighted by atomic mass is 10.1. The smallest absolute Gasteiger partial charge is 0.155 e. The second kappa shape index (κ2) is 4.91. The molecule has 92 valence electrons. The van der Waals surface area contributed by atoms with Gasteiger partial charge in [-0.3, -0.25) is 4.79 Å². The summed E-state index contributed by atoms with van der Waals surface area (Å²) in [4.78, 5) is 15.6. The molecule has 2 aromatic rings. The lowest BCUT2D eigenvalue weighted by Crippen LogP contribution is -1.92. The molecule has 1 aromatic heterocycles. The summed E-state index contributed by atoms with van der Waals surface area (Å²) in [6.07, 6.45) is 1.77. The van der Waals surface area contributed by atoms with Crippen molar-refractivity contribution in [3.8, 4) is 0 Å². The van der Waals surface area contributed by atoms with Crippen LogP contribution in [0.2, 0.25) is 5.15 Å². The van der Waals surface area contributed by atoms with Crippen molar-refractivity contribution in [2.24, 2.45) is 0 Å². The maximum Gasteiger partial charge on any atom is 0.155 e. The number of allylic oxidation sites excluding steroid dienone is 1. The van der Waals surface area contributed by atoms with Crippen molar-refractivity contribution in [3.05, 3.63) is 46.1 Å². The van der Waals surface area contributed by atoms with Gasteiger partial charge in [-0.15, -0.1) is 0 Å². The van der Waals surface area contributed by atoms with Crippen LogP contribution in [0.3, 0.4) is 0 Å². The molecule has 0 saturated carbocycles. The van der Waals surface area contributed by atoms with E-state index >= 15 is 0 Å². The molecular formula is C15H14ClNO. The summed E-state index contributed by atoms with van der Waals surface area (Å²) < 4.78 is 0. The van der Waals surface area contributed by atoms with Crippen LogP contribution in [0.15, 0.2) is 29.8 Å². The molecule has 0 aliphatic rings. The quantitative estimate of drug-likeness (QED) is 0.598. The standard InChI is InChI=1S/C15H14ClNO/c1-9-4-5-12-8-13(7-10(2)11(3)18)15(16)17-14(12)6-9/h4-8H,1-3H3/b10-7+. The van der Waals surface area contributed by atoms with E-state index in [4.69, 9.17) is 11.6 Å². The average Bonchev–Trinajstić information content (AvgIpc) is 2.30. The number of halogens is 1. The topological polar surface area (TPSA) is 30.0 Å². The fourth-order valence-electron chi connectivity index (χ4n) is 1.71. The van der Waals surface area contributed by atoms with Gasteiger partial charge in [0, 0.05) is 10.9 Å². The number of Topliss-reactive ketones (excluding diaryl/α,β-unsaturated/α-hetero) is 1. The Labute approximate surface area is 111 Å². The van der Waals surface area contributed by atoms with Gasteiger partial charge in [0.1, 0.15) is 5.15 Å². The zero-order valence-corrected chi connectivity index (χ0v) is 11.4. The van der Waals surface area contributed by atoms with Gasteiger partial charge in [0.05, 0.1) is 5.52 Å². The van der Waals surface area contributed by atoms with Crippen molar-refractivity contribution in [3.63, 3.8) is 0 Å². The highest BCUT2D eigenvalue weighted by molar-refractivity contribution is 6.31. The number of hydrogen-bond donors (Lipinski definition) is 0. The highest BCUT2D eigenvalue weighted by Crippen LogP contribution is 2.23. The molecule has 2 nitrogen and oxygen atoms in total. The minimum atomic E-state index is 0.0371. The molecule has 0 amide bonds. The van der Waals surface area contributed by atoms with Crippen molar-refractivity contribution in [1.29, 1.82) is 0 Å². The molecule has 0 saturated heterocycles.